The zero-order chi connectivity index (χ0) is 14.8. The molecule has 0 radical (unpaired) electrons. The summed E-state index contributed by atoms with van der Waals surface area (Å²) >= 11 is 0. The van der Waals surface area contributed by atoms with E-state index in [1.165, 1.54) is 0 Å². The zero-order valence-corrected chi connectivity index (χ0v) is 12.9. The Hall–Kier alpha value is -0.950. The van der Waals surface area contributed by atoms with Gasteiger partial charge in [0, 0.05) is 13.0 Å². The summed E-state index contributed by atoms with van der Waals surface area (Å²) in [6.07, 6.45) is 0.483. The van der Waals surface area contributed by atoms with Gasteiger partial charge in [0.05, 0.1) is 18.1 Å². The first-order valence-corrected chi connectivity index (χ1v) is 8.16. The summed E-state index contributed by atoms with van der Waals surface area (Å²) < 4.78 is 37.8. The number of hydrogen-bond acceptors (Lipinski definition) is 4. The molecule has 20 heavy (non-hydrogen) atoms. The highest BCUT2D eigenvalue weighted by Crippen LogP contribution is 2.22. The SMILES string of the molecule is Cc1ccc(S(=O)(=O)NCCC2(C)OCCO2)cc1C. The third-order valence-electron chi connectivity index (χ3n) is 3.56. The highest BCUT2D eigenvalue weighted by molar-refractivity contribution is 7.89. The minimum atomic E-state index is -3.48. The van der Waals surface area contributed by atoms with E-state index < -0.39 is 15.8 Å². The number of rotatable bonds is 5. The van der Waals surface area contributed by atoms with Crippen LogP contribution in [0.25, 0.3) is 0 Å². The lowest BCUT2D eigenvalue weighted by molar-refractivity contribution is -0.145. The molecule has 0 aromatic heterocycles. The summed E-state index contributed by atoms with van der Waals surface area (Å²) in [6, 6.07) is 5.12. The predicted molar refractivity (Wildman–Crippen MR) is 76.0 cm³/mol. The van der Waals surface area contributed by atoms with Gasteiger partial charge < -0.3 is 9.47 Å². The minimum Gasteiger partial charge on any atom is -0.348 e. The summed E-state index contributed by atoms with van der Waals surface area (Å²) in [5.41, 5.74) is 2.03. The van der Waals surface area contributed by atoms with E-state index in [0.717, 1.165) is 11.1 Å². The number of sulfonamides is 1. The van der Waals surface area contributed by atoms with Crippen LogP contribution in [0.3, 0.4) is 0 Å². The van der Waals surface area contributed by atoms with Crippen molar-refractivity contribution >= 4 is 10.0 Å². The Morgan fingerprint density at radius 1 is 1.20 bits per heavy atom. The van der Waals surface area contributed by atoms with Crippen LogP contribution in [-0.4, -0.2) is 34.0 Å². The Morgan fingerprint density at radius 3 is 2.45 bits per heavy atom. The molecule has 6 heteroatoms. The van der Waals surface area contributed by atoms with Crippen molar-refractivity contribution < 1.29 is 17.9 Å². The quantitative estimate of drug-likeness (QED) is 0.899. The van der Waals surface area contributed by atoms with Crippen LogP contribution in [0.4, 0.5) is 0 Å². The van der Waals surface area contributed by atoms with Crippen LogP contribution in [0.15, 0.2) is 23.1 Å². The number of hydrogen-bond donors (Lipinski definition) is 1. The molecule has 0 amide bonds. The van der Waals surface area contributed by atoms with Crippen molar-refractivity contribution in [3.8, 4) is 0 Å². The second-order valence-corrected chi connectivity index (χ2v) is 6.99. The smallest absolute Gasteiger partial charge is 0.240 e. The lowest BCUT2D eigenvalue weighted by atomic mass is 10.1. The van der Waals surface area contributed by atoms with E-state index in [2.05, 4.69) is 4.72 Å². The van der Waals surface area contributed by atoms with Gasteiger partial charge in [0.2, 0.25) is 10.0 Å². The van der Waals surface area contributed by atoms with E-state index in [9.17, 15) is 8.42 Å². The summed E-state index contributed by atoms with van der Waals surface area (Å²) in [5.74, 6) is -0.675. The van der Waals surface area contributed by atoms with Gasteiger partial charge in [0.25, 0.3) is 0 Å². The first-order valence-electron chi connectivity index (χ1n) is 6.67. The molecule has 0 atom stereocenters. The average Bonchev–Trinajstić information content (AvgIpc) is 2.79. The fourth-order valence-electron chi connectivity index (χ4n) is 2.08. The normalized spacial score (nSPS) is 18.4. The fourth-order valence-corrected chi connectivity index (χ4v) is 3.19. The van der Waals surface area contributed by atoms with Crippen LogP contribution in [-0.2, 0) is 19.5 Å². The lowest BCUT2D eigenvalue weighted by Crippen LogP contribution is -2.33. The number of aryl methyl sites for hydroxylation is 2. The maximum Gasteiger partial charge on any atom is 0.240 e. The van der Waals surface area contributed by atoms with Gasteiger partial charge in [0.15, 0.2) is 5.79 Å². The molecule has 1 heterocycles. The van der Waals surface area contributed by atoms with Crippen molar-refractivity contribution in [3.63, 3.8) is 0 Å². The summed E-state index contributed by atoms with van der Waals surface area (Å²) in [7, 11) is -3.48. The van der Waals surface area contributed by atoms with E-state index in [1.54, 1.807) is 12.1 Å². The van der Waals surface area contributed by atoms with Gasteiger partial charge in [-0.25, -0.2) is 13.1 Å². The maximum atomic E-state index is 12.2. The Morgan fingerprint density at radius 2 is 1.85 bits per heavy atom. The van der Waals surface area contributed by atoms with Gasteiger partial charge in [-0.2, -0.15) is 0 Å². The molecule has 1 aromatic rings. The molecule has 0 saturated carbocycles. The van der Waals surface area contributed by atoms with Gasteiger partial charge in [-0.15, -0.1) is 0 Å². The van der Waals surface area contributed by atoms with Gasteiger partial charge in [-0.1, -0.05) is 6.07 Å². The molecule has 112 valence electrons. The summed E-state index contributed by atoms with van der Waals surface area (Å²) in [6.45, 7) is 7.07. The molecule has 1 saturated heterocycles. The van der Waals surface area contributed by atoms with Crippen LogP contribution in [0, 0.1) is 13.8 Å². The standard InChI is InChI=1S/C14H21NO4S/c1-11-4-5-13(10-12(11)2)20(16,17)15-7-6-14(3)18-8-9-19-14/h4-5,10,15H,6-9H2,1-3H3. The summed E-state index contributed by atoms with van der Waals surface area (Å²) in [5, 5.41) is 0. The first-order chi connectivity index (χ1) is 9.32. The van der Waals surface area contributed by atoms with Crippen molar-refractivity contribution in [1.29, 1.82) is 0 Å². The Bertz CT molecular complexity index is 577. The maximum absolute atomic E-state index is 12.2. The molecular weight excluding hydrogens is 278 g/mol. The van der Waals surface area contributed by atoms with Crippen LogP contribution >= 0.6 is 0 Å². The second kappa shape index (κ2) is 5.81. The third kappa shape index (κ3) is 3.58. The largest absolute Gasteiger partial charge is 0.348 e. The van der Waals surface area contributed by atoms with Crippen molar-refractivity contribution in [2.75, 3.05) is 19.8 Å². The van der Waals surface area contributed by atoms with Crippen molar-refractivity contribution in [2.24, 2.45) is 0 Å². The molecule has 1 aliphatic heterocycles. The third-order valence-corrected chi connectivity index (χ3v) is 5.02. The average molecular weight is 299 g/mol. The van der Waals surface area contributed by atoms with Crippen LogP contribution in [0.5, 0.6) is 0 Å². The van der Waals surface area contributed by atoms with E-state index >= 15 is 0 Å². The Labute approximate surface area is 120 Å². The minimum absolute atomic E-state index is 0.283. The lowest BCUT2D eigenvalue weighted by Gasteiger charge is -2.22. The molecule has 1 aliphatic rings. The van der Waals surface area contributed by atoms with Crippen molar-refractivity contribution in [2.45, 2.75) is 37.9 Å². The van der Waals surface area contributed by atoms with Crippen LogP contribution in [0.1, 0.15) is 24.5 Å². The molecule has 0 bridgehead atoms. The number of nitrogens with one attached hydrogen (secondary N) is 1. The van der Waals surface area contributed by atoms with Crippen molar-refractivity contribution in [3.05, 3.63) is 29.3 Å². The van der Waals surface area contributed by atoms with Crippen molar-refractivity contribution in [1.82, 2.24) is 4.72 Å². The Balaban J connectivity index is 1.98. The van der Waals surface area contributed by atoms with Gasteiger partial charge in [-0.05, 0) is 44.0 Å². The number of benzene rings is 1. The predicted octanol–water partition coefficient (Wildman–Crippen LogP) is 1.73. The topological polar surface area (TPSA) is 64.6 Å². The Kier molecular flexibility index (Phi) is 4.49. The van der Waals surface area contributed by atoms with Gasteiger partial charge >= 0.3 is 0 Å². The first kappa shape index (κ1) is 15.4. The highest BCUT2D eigenvalue weighted by Gasteiger charge is 2.30. The van der Waals surface area contributed by atoms with Gasteiger partial charge in [-0.3, -0.25) is 0 Å². The van der Waals surface area contributed by atoms with E-state index in [1.807, 2.05) is 26.8 Å². The highest BCUT2D eigenvalue weighted by atomic mass is 32.2. The molecule has 0 aliphatic carbocycles. The van der Waals surface area contributed by atoms with Crippen LogP contribution in [0.2, 0.25) is 0 Å². The van der Waals surface area contributed by atoms with Gasteiger partial charge in [0.1, 0.15) is 0 Å². The molecule has 1 N–H and O–H groups in total. The molecule has 1 aromatic carbocycles. The molecule has 5 nitrogen and oxygen atoms in total. The second-order valence-electron chi connectivity index (χ2n) is 5.22. The van der Waals surface area contributed by atoms with Crippen LogP contribution < -0.4 is 4.72 Å². The summed E-state index contributed by atoms with van der Waals surface area (Å²) in [4.78, 5) is 0.291. The fraction of sp³-hybridized carbons (Fsp3) is 0.571. The molecule has 1 fully saturated rings. The molecule has 0 spiro atoms. The van der Waals surface area contributed by atoms with E-state index in [-0.39, 0.29) is 6.54 Å². The monoisotopic (exact) mass is 299 g/mol. The number of ether oxygens (including phenoxy) is 2. The zero-order valence-electron chi connectivity index (χ0n) is 12.1. The molecular formula is C14H21NO4S. The molecule has 0 unspecified atom stereocenters. The van der Waals surface area contributed by atoms with E-state index in [4.69, 9.17) is 9.47 Å². The van der Waals surface area contributed by atoms with E-state index in [0.29, 0.717) is 24.5 Å². The molecule has 2 rings (SSSR count).